The minimum atomic E-state index is -0.416. The van der Waals surface area contributed by atoms with E-state index in [-0.39, 0.29) is 29.1 Å². The minimum absolute atomic E-state index is 0.0191. The van der Waals surface area contributed by atoms with Gasteiger partial charge in [-0.1, -0.05) is 30.3 Å². The molecule has 3 aromatic rings. The van der Waals surface area contributed by atoms with Crippen LogP contribution in [0.1, 0.15) is 11.3 Å². The molecule has 0 unspecified atom stereocenters. The van der Waals surface area contributed by atoms with Crippen LogP contribution in [-0.2, 0) is 11.3 Å². The molecule has 2 aliphatic heterocycles. The van der Waals surface area contributed by atoms with Crippen LogP contribution >= 0.6 is 11.8 Å². The minimum Gasteiger partial charge on any atom is -0.481 e. The van der Waals surface area contributed by atoms with Crippen molar-refractivity contribution < 1.29 is 14.3 Å². The van der Waals surface area contributed by atoms with Crippen LogP contribution in [0.15, 0.2) is 47.4 Å². The van der Waals surface area contributed by atoms with Crippen molar-refractivity contribution >= 4 is 39.9 Å². The van der Waals surface area contributed by atoms with E-state index in [1.807, 2.05) is 36.4 Å². The average molecular weight is 509 g/mol. The van der Waals surface area contributed by atoms with Gasteiger partial charge < -0.3 is 19.3 Å². The van der Waals surface area contributed by atoms with Crippen molar-refractivity contribution in [3.63, 3.8) is 0 Å². The molecule has 5 rings (SSSR count). The smallest absolute Gasteiger partial charge is 0.324 e. The Morgan fingerprint density at radius 3 is 2.56 bits per heavy atom. The number of hydrogen-bond acceptors (Lipinski definition) is 8. The Morgan fingerprint density at radius 1 is 1.14 bits per heavy atom. The summed E-state index contributed by atoms with van der Waals surface area (Å²) in [6.45, 7) is 3.74. The van der Waals surface area contributed by atoms with E-state index < -0.39 is 5.56 Å². The molecule has 0 bridgehead atoms. The van der Waals surface area contributed by atoms with Gasteiger partial charge in [0, 0.05) is 39.4 Å². The van der Waals surface area contributed by atoms with Crippen molar-refractivity contribution in [3.8, 4) is 5.75 Å². The Bertz CT molecular complexity index is 1360. The van der Waals surface area contributed by atoms with Gasteiger partial charge in [0.15, 0.2) is 5.65 Å². The molecule has 36 heavy (non-hydrogen) atoms. The van der Waals surface area contributed by atoms with Gasteiger partial charge in [-0.2, -0.15) is 0 Å². The number of morpholine rings is 1. The first-order valence-electron chi connectivity index (χ1n) is 11.7. The highest BCUT2D eigenvalue weighted by Gasteiger charge is 2.31. The fourth-order valence-electron chi connectivity index (χ4n) is 4.37. The lowest BCUT2D eigenvalue weighted by Crippen LogP contribution is -2.37. The molecule has 2 amide bonds. The number of carbonyl (C=O) groups excluding carboxylic acids is 1. The summed E-state index contributed by atoms with van der Waals surface area (Å²) in [6.07, 6.45) is 3.50. The number of thioether (sulfide) groups is 1. The Morgan fingerprint density at radius 2 is 1.89 bits per heavy atom. The monoisotopic (exact) mass is 508 g/mol. The Kier molecular flexibility index (Phi) is 6.84. The van der Waals surface area contributed by atoms with Crippen molar-refractivity contribution in [3.05, 3.63) is 64.2 Å². The normalized spacial score (nSPS) is 16.2. The quantitative estimate of drug-likeness (QED) is 0.403. The van der Waals surface area contributed by atoms with Gasteiger partial charge in [-0.05, 0) is 17.9 Å². The second kappa shape index (κ2) is 10.2. The van der Waals surface area contributed by atoms with Crippen LogP contribution in [0.2, 0.25) is 0 Å². The first kappa shape index (κ1) is 24.1. The SMILES string of the molecule is CSC(=N)c1nc2c(N3CCN(C)C3=O)cc(N3CCOCC3)cn2c(=O)c1OCc1ccccc1. The number of nitrogens with one attached hydrogen (secondary N) is 1. The summed E-state index contributed by atoms with van der Waals surface area (Å²) >= 11 is 1.18. The third kappa shape index (κ3) is 4.51. The second-order valence-electron chi connectivity index (χ2n) is 8.63. The molecule has 1 N–H and O–H groups in total. The highest BCUT2D eigenvalue weighted by atomic mass is 32.2. The number of nitrogens with zero attached hydrogens (tertiary/aromatic N) is 5. The average Bonchev–Trinajstić information content (AvgIpc) is 3.25. The topological polar surface area (TPSA) is 103 Å². The molecule has 0 spiro atoms. The predicted octanol–water partition coefficient (Wildman–Crippen LogP) is 2.67. The molecule has 4 heterocycles. The maximum Gasteiger partial charge on any atom is 0.324 e. The second-order valence-corrected chi connectivity index (χ2v) is 9.45. The van der Waals surface area contributed by atoms with Crippen LogP contribution in [0.25, 0.3) is 5.65 Å². The summed E-state index contributed by atoms with van der Waals surface area (Å²) in [6, 6.07) is 11.3. The van der Waals surface area contributed by atoms with Crippen LogP contribution in [0, 0.1) is 5.41 Å². The number of benzene rings is 1. The first-order chi connectivity index (χ1) is 17.5. The molecular weight excluding hydrogens is 480 g/mol. The highest BCUT2D eigenvalue weighted by Crippen LogP contribution is 2.31. The van der Waals surface area contributed by atoms with Gasteiger partial charge in [0.2, 0.25) is 5.75 Å². The molecule has 0 atom stereocenters. The molecule has 10 nitrogen and oxygen atoms in total. The predicted molar refractivity (Wildman–Crippen MR) is 141 cm³/mol. The molecule has 188 valence electrons. The summed E-state index contributed by atoms with van der Waals surface area (Å²) < 4.78 is 13.0. The van der Waals surface area contributed by atoms with Gasteiger partial charge in [0.05, 0.1) is 24.6 Å². The molecule has 2 aliphatic rings. The fourth-order valence-corrected chi connectivity index (χ4v) is 4.70. The van der Waals surface area contributed by atoms with Crippen LogP contribution in [-0.4, -0.2) is 78.1 Å². The van der Waals surface area contributed by atoms with Crippen molar-refractivity contribution in [1.29, 1.82) is 5.41 Å². The van der Waals surface area contributed by atoms with E-state index in [0.29, 0.717) is 50.7 Å². The van der Waals surface area contributed by atoms with E-state index in [2.05, 4.69) is 4.90 Å². The van der Waals surface area contributed by atoms with Crippen LogP contribution in [0.5, 0.6) is 5.75 Å². The van der Waals surface area contributed by atoms with E-state index in [0.717, 1.165) is 11.3 Å². The number of rotatable bonds is 6. The van der Waals surface area contributed by atoms with Crippen molar-refractivity contribution in [2.45, 2.75) is 6.61 Å². The third-order valence-corrected chi connectivity index (χ3v) is 6.98. The molecule has 0 aliphatic carbocycles. The van der Waals surface area contributed by atoms with Crippen LogP contribution in [0.4, 0.5) is 16.2 Å². The molecule has 2 aromatic heterocycles. The lowest BCUT2D eigenvalue weighted by molar-refractivity contribution is 0.122. The zero-order chi connectivity index (χ0) is 25.2. The van der Waals surface area contributed by atoms with E-state index in [1.54, 1.807) is 29.3 Å². The van der Waals surface area contributed by atoms with Gasteiger partial charge in [0.1, 0.15) is 17.3 Å². The van der Waals surface area contributed by atoms with Crippen molar-refractivity contribution in [2.75, 3.05) is 62.5 Å². The number of carbonyl (C=O) groups is 1. The summed E-state index contributed by atoms with van der Waals surface area (Å²) in [5.74, 6) is 0.0191. The molecule has 2 saturated heterocycles. The lowest BCUT2D eigenvalue weighted by Gasteiger charge is -2.30. The number of ether oxygens (including phenoxy) is 2. The zero-order valence-corrected chi connectivity index (χ0v) is 21.1. The number of pyridine rings is 1. The first-order valence-corrected chi connectivity index (χ1v) is 13.0. The third-order valence-electron chi connectivity index (χ3n) is 6.38. The Labute approximate surface area is 212 Å². The zero-order valence-electron chi connectivity index (χ0n) is 20.3. The van der Waals surface area contributed by atoms with Gasteiger partial charge in [-0.15, -0.1) is 11.8 Å². The maximum absolute atomic E-state index is 13.9. The standard InChI is InChI=1S/C25H28N6O4S/c1-28-8-9-30(25(28)33)19-14-18(29-10-12-34-13-11-29)15-31-23(19)27-20(22(26)36-2)21(24(31)32)35-16-17-6-4-3-5-7-17/h3-7,14-15,26H,8-13,16H2,1-2H3. The van der Waals surface area contributed by atoms with E-state index in [4.69, 9.17) is 19.9 Å². The van der Waals surface area contributed by atoms with Gasteiger partial charge in [-0.25, -0.2) is 9.78 Å². The summed E-state index contributed by atoms with van der Waals surface area (Å²) in [5, 5.41) is 8.61. The number of aromatic nitrogens is 2. The number of amides is 2. The van der Waals surface area contributed by atoms with Gasteiger partial charge >= 0.3 is 11.6 Å². The molecule has 11 heteroatoms. The Balaban J connectivity index is 1.69. The van der Waals surface area contributed by atoms with Crippen molar-refractivity contribution in [1.82, 2.24) is 14.3 Å². The number of fused-ring (bicyclic) bond motifs is 1. The van der Waals surface area contributed by atoms with Crippen LogP contribution in [0.3, 0.4) is 0 Å². The van der Waals surface area contributed by atoms with E-state index in [1.165, 1.54) is 16.2 Å². The summed E-state index contributed by atoms with van der Waals surface area (Å²) in [5.41, 5.74) is 2.31. The number of hydrogen-bond donors (Lipinski definition) is 1. The highest BCUT2D eigenvalue weighted by molar-refractivity contribution is 8.13. The summed E-state index contributed by atoms with van der Waals surface area (Å²) in [4.78, 5) is 37.0. The number of urea groups is 1. The molecule has 0 saturated carbocycles. The Hall–Kier alpha value is -3.57. The lowest BCUT2D eigenvalue weighted by atomic mass is 10.2. The van der Waals surface area contributed by atoms with Gasteiger partial charge in [0.25, 0.3) is 0 Å². The molecular formula is C25H28N6O4S. The van der Waals surface area contributed by atoms with Crippen molar-refractivity contribution in [2.24, 2.45) is 0 Å². The molecule has 0 radical (unpaired) electrons. The van der Waals surface area contributed by atoms with E-state index >= 15 is 0 Å². The fraction of sp³-hybridized carbons (Fsp3) is 0.360. The number of anilines is 2. The summed E-state index contributed by atoms with van der Waals surface area (Å²) in [7, 11) is 1.75. The largest absolute Gasteiger partial charge is 0.481 e. The van der Waals surface area contributed by atoms with E-state index in [9.17, 15) is 9.59 Å². The number of likely N-dealkylation sites (N-methyl/N-ethyl adjacent to an activating group) is 1. The molecule has 1 aromatic carbocycles. The maximum atomic E-state index is 13.9. The van der Waals surface area contributed by atoms with Gasteiger partial charge in [-0.3, -0.25) is 19.5 Å². The molecule has 2 fully saturated rings. The van der Waals surface area contributed by atoms with Crippen LogP contribution < -0.4 is 20.1 Å².